The number of allylic oxidation sites excluding steroid dienone is 3. The monoisotopic (exact) mass is 205 g/mol. The minimum Gasteiger partial charge on any atom is -0.478 e. The highest BCUT2D eigenvalue weighted by Crippen LogP contribution is 2.21. The topological polar surface area (TPSA) is 49.3 Å². The summed E-state index contributed by atoms with van der Waals surface area (Å²) in [6, 6.07) is 0. The van der Waals surface area contributed by atoms with Gasteiger partial charge >= 0.3 is 5.97 Å². The van der Waals surface area contributed by atoms with Crippen LogP contribution in [0, 0.1) is 0 Å². The van der Waals surface area contributed by atoms with Crippen LogP contribution in [0.4, 0.5) is 0 Å². The molecule has 80 valence electrons. The first kappa shape index (κ1) is 11.3. The van der Waals surface area contributed by atoms with Gasteiger partial charge in [-0.1, -0.05) is 31.4 Å². The molecular weight excluding hydrogens is 190 g/mol. The van der Waals surface area contributed by atoms with Gasteiger partial charge in [0.2, 0.25) is 0 Å². The molecule has 3 nitrogen and oxygen atoms in total. The minimum absolute atomic E-state index is 0.199. The van der Waals surface area contributed by atoms with E-state index in [1.165, 1.54) is 0 Å². The fourth-order valence-electron chi connectivity index (χ4n) is 1.38. The Bertz CT molecular complexity index is 366. The van der Waals surface area contributed by atoms with Gasteiger partial charge in [-0.25, -0.2) is 4.79 Å². The van der Waals surface area contributed by atoms with E-state index in [2.05, 4.69) is 18.5 Å². The van der Waals surface area contributed by atoms with E-state index >= 15 is 0 Å². The Morgan fingerprint density at radius 3 is 2.80 bits per heavy atom. The van der Waals surface area contributed by atoms with Gasteiger partial charge in [-0.2, -0.15) is 0 Å². The first-order valence-corrected chi connectivity index (χ1v) is 4.67. The van der Waals surface area contributed by atoms with Crippen LogP contribution in [-0.4, -0.2) is 16.6 Å². The fraction of sp³-hybridized carbons (Fsp3) is 0.250. The molecule has 1 atom stereocenters. The average Bonchev–Trinajstić information content (AvgIpc) is 2.18. The Morgan fingerprint density at radius 2 is 2.40 bits per heavy atom. The maximum absolute atomic E-state index is 10.7. The molecule has 0 bridgehead atoms. The molecule has 3 heteroatoms. The van der Waals surface area contributed by atoms with E-state index in [0.29, 0.717) is 6.42 Å². The Morgan fingerprint density at radius 1 is 1.73 bits per heavy atom. The number of nitrogens with one attached hydrogen (secondary N) is 1. The standard InChI is InChI=1S/C12H15NO2/c1-4-10-5-6-12(3,13-8-10)7-9(2)11(14)15/h4-6,8,13H,1-2,7H2,3H3,(H,14,15). The molecule has 0 spiro atoms. The Balaban J connectivity index is 2.69. The number of hydrogen-bond acceptors (Lipinski definition) is 2. The molecule has 1 unspecified atom stereocenters. The second-order valence-corrected chi connectivity index (χ2v) is 3.83. The third kappa shape index (κ3) is 2.84. The molecule has 0 radical (unpaired) electrons. The van der Waals surface area contributed by atoms with Crippen LogP contribution < -0.4 is 5.32 Å². The number of hydrogen-bond donors (Lipinski definition) is 2. The van der Waals surface area contributed by atoms with E-state index in [-0.39, 0.29) is 11.1 Å². The number of carboxylic acids is 1. The third-order valence-electron chi connectivity index (χ3n) is 2.33. The van der Waals surface area contributed by atoms with Gasteiger partial charge in [-0.15, -0.1) is 0 Å². The molecule has 1 heterocycles. The Labute approximate surface area is 89.5 Å². The van der Waals surface area contributed by atoms with E-state index in [9.17, 15) is 4.79 Å². The minimum atomic E-state index is -0.954. The van der Waals surface area contributed by atoms with Gasteiger partial charge in [0.15, 0.2) is 0 Å². The van der Waals surface area contributed by atoms with E-state index in [1.54, 1.807) is 6.08 Å². The molecule has 0 aromatic rings. The highest BCUT2D eigenvalue weighted by atomic mass is 16.4. The van der Waals surface area contributed by atoms with E-state index in [0.717, 1.165) is 5.57 Å². The average molecular weight is 205 g/mol. The second-order valence-electron chi connectivity index (χ2n) is 3.83. The van der Waals surface area contributed by atoms with Crippen molar-refractivity contribution in [1.82, 2.24) is 5.32 Å². The molecule has 1 aliphatic rings. The second kappa shape index (κ2) is 4.17. The Hall–Kier alpha value is -1.77. The molecule has 0 saturated carbocycles. The summed E-state index contributed by atoms with van der Waals surface area (Å²) in [5, 5.41) is 11.9. The van der Waals surface area contributed by atoms with Crippen LogP contribution in [0.2, 0.25) is 0 Å². The quantitative estimate of drug-likeness (QED) is 0.690. The zero-order valence-electron chi connectivity index (χ0n) is 8.79. The van der Waals surface area contributed by atoms with Gasteiger partial charge in [0.1, 0.15) is 0 Å². The van der Waals surface area contributed by atoms with Crippen molar-refractivity contribution in [1.29, 1.82) is 0 Å². The molecule has 0 amide bonds. The van der Waals surface area contributed by atoms with Crippen LogP contribution in [0.15, 0.2) is 48.7 Å². The number of rotatable bonds is 4. The lowest BCUT2D eigenvalue weighted by Gasteiger charge is -2.29. The van der Waals surface area contributed by atoms with Crippen molar-refractivity contribution < 1.29 is 9.90 Å². The molecule has 0 saturated heterocycles. The number of aliphatic carboxylic acids is 1. The number of carboxylic acid groups (broad SMARTS) is 1. The third-order valence-corrected chi connectivity index (χ3v) is 2.33. The van der Waals surface area contributed by atoms with E-state index in [1.807, 2.05) is 25.3 Å². The number of carbonyl (C=O) groups is 1. The van der Waals surface area contributed by atoms with Crippen LogP contribution in [0.25, 0.3) is 0 Å². The lowest BCUT2D eigenvalue weighted by molar-refractivity contribution is -0.132. The fourth-order valence-corrected chi connectivity index (χ4v) is 1.38. The van der Waals surface area contributed by atoms with Crippen molar-refractivity contribution in [3.05, 3.63) is 48.7 Å². The Kier molecular flexibility index (Phi) is 3.14. The maximum atomic E-state index is 10.7. The zero-order chi connectivity index (χ0) is 11.5. The zero-order valence-corrected chi connectivity index (χ0v) is 8.79. The van der Waals surface area contributed by atoms with Crippen molar-refractivity contribution in [2.24, 2.45) is 0 Å². The van der Waals surface area contributed by atoms with Crippen molar-refractivity contribution in [3.8, 4) is 0 Å². The van der Waals surface area contributed by atoms with Gasteiger partial charge in [0, 0.05) is 18.2 Å². The van der Waals surface area contributed by atoms with E-state index in [4.69, 9.17) is 5.11 Å². The van der Waals surface area contributed by atoms with Crippen LogP contribution in [0.1, 0.15) is 13.3 Å². The molecule has 1 aliphatic heterocycles. The van der Waals surface area contributed by atoms with Gasteiger partial charge < -0.3 is 10.4 Å². The molecule has 15 heavy (non-hydrogen) atoms. The SMILES string of the molecule is C=CC1=CNC(C)(CC(=C)C(=O)O)C=C1. The summed E-state index contributed by atoms with van der Waals surface area (Å²) >= 11 is 0. The van der Waals surface area contributed by atoms with E-state index < -0.39 is 5.97 Å². The van der Waals surface area contributed by atoms with Crippen LogP contribution >= 0.6 is 0 Å². The molecule has 0 aliphatic carbocycles. The maximum Gasteiger partial charge on any atom is 0.331 e. The largest absolute Gasteiger partial charge is 0.478 e. The van der Waals surface area contributed by atoms with Crippen LogP contribution in [0.3, 0.4) is 0 Å². The molecular formula is C12H15NO2. The summed E-state index contributed by atoms with van der Waals surface area (Å²) in [6.07, 6.45) is 7.77. The molecule has 1 rings (SSSR count). The van der Waals surface area contributed by atoms with Crippen LogP contribution in [-0.2, 0) is 4.79 Å². The molecule has 2 N–H and O–H groups in total. The highest BCUT2D eigenvalue weighted by molar-refractivity contribution is 5.86. The summed E-state index contributed by atoms with van der Waals surface area (Å²) in [6.45, 7) is 9.09. The summed E-state index contributed by atoms with van der Waals surface area (Å²) in [5.41, 5.74) is 0.806. The first-order valence-electron chi connectivity index (χ1n) is 4.67. The normalized spacial score (nSPS) is 23.9. The first-order chi connectivity index (χ1) is 6.97. The summed E-state index contributed by atoms with van der Waals surface area (Å²) in [5.74, 6) is -0.954. The van der Waals surface area contributed by atoms with Gasteiger partial charge in [0.25, 0.3) is 0 Å². The van der Waals surface area contributed by atoms with Gasteiger partial charge in [-0.05, 0) is 12.5 Å². The molecule has 0 fully saturated rings. The molecule has 0 aromatic heterocycles. The molecule has 0 aromatic carbocycles. The van der Waals surface area contributed by atoms with Gasteiger partial charge in [-0.3, -0.25) is 0 Å². The lowest BCUT2D eigenvalue weighted by Crippen LogP contribution is -2.39. The number of dihydropyridines is 1. The van der Waals surface area contributed by atoms with Crippen molar-refractivity contribution >= 4 is 5.97 Å². The smallest absolute Gasteiger partial charge is 0.331 e. The van der Waals surface area contributed by atoms with Crippen molar-refractivity contribution in [2.45, 2.75) is 18.9 Å². The summed E-state index contributed by atoms with van der Waals surface area (Å²) in [7, 11) is 0. The van der Waals surface area contributed by atoms with Crippen molar-refractivity contribution in [3.63, 3.8) is 0 Å². The van der Waals surface area contributed by atoms with Crippen molar-refractivity contribution in [2.75, 3.05) is 0 Å². The lowest BCUT2D eigenvalue weighted by atomic mass is 9.90. The summed E-state index contributed by atoms with van der Waals surface area (Å²) in [4.78, 5) is 10.7. The summed E-state index contributed by atoms with van der Waals surface area (Å²) < 4.78 is 0. The predicted molar refractivity (Wildman–Crippen MR) is 60.4 cm³/mol. The van der Waals surface area contributed by atoms with Gasteiger partial charge in [0.05, 0.1) is 5.54 Å². The highest BCUT2D eigenvalue weighted by Gasteiger charge is 2.24. The van der Waals surface area contributed by atoms with Crippen LogP contribution in [0.5, 0.6) is 0 Å². The predicted octanol–water partition coefficient (Wildman–Crippen LogP) is 2.01.